The predicted octanol–water partition coefficient (Wildman–Crippen LogP) is 0.382. The SMILES string of the molecule is CCOCCNS(=O)(=O)NC(=O)OC(C)(C)C. The lowest BCUT2D eigenvalue weighted by atomic mass is 10.2. The highest BCUT2D eigenvalue weighted by Gasteiger charge is 2.20. The van der Waals surface area contributed by atoms with Gasteiger partial charge < -0.3 is 9.47 Å². The third-order valence-electron chi connectivity index (χ3n) is 1.36. The minimum Gasteiger partial charge on any atom is -0.443 e. The van der Waals surface area contributed by atoms with Gasteiger partial charge in [-0.2, -0.15) is 13.1 Å². The van der Waals surface area contributed by atoms with Crippen LogP contribution in [0.2, 0.25) is 0 Å². The summed E-state index contributed by atoms with van der Waals surface area (Å²) in [6.45, 7) is 7.55. The van der Waals surface area contributed by atoms with Gasteiger partial charge in [-0.15, -0.1) is 0 Å². The van der Waals surface area contributed by atoms with E-state index in [0.717, 1.165) is 0 Å². The van der Waals surface area contributed by atoms with Crippen LogP contribution in [0, 0.1) is 0 Å². The topological polar surface area (TPSA) is 93.7 Å². The van der Waals surface area contributed by atoms with Crippen molar-refractivity contribution >= 4 is 16.3 Å². The van der Waals surface area contributed by atoms with Gasteiger partial charge in [-0.3, -0.25) is 0 Å². The van der Waals surface area contributed by atoms with Gasteiger partial charge in [0.15, 0.2) is 0 Å². The van der Waals surface area contributed by atoms with Crippen LogP contribution in [-0.2, 0) is 19.7 Å². The third-order valence-corrected chi connectivity index (χ3v) is 2.38. The van der Waals surface area contributed by atoms with E-state index in [0.29, 0.717) is 6.61 Å². The maximum absolute atomic E-state index is 11.3. The summed E-state index contributed by atoms with van der Waals surface area (Å²) in [5.41, 5.74) is -0.745. The van der Waals surface area contributed by atoms with Crippen molar-refractivity contribution in [1.29, 1.82) is 0 Å². The molecule has 8 heteroatoms. The highest BCUT2D eigenvalue weighted by Crippen LogP contribution is 2.06. The average molecular weight is 268 g/mol. The summed E-state index contributed by atoms with van der Waals surface area (Å²) in [4.78, 5) is 11.2. The molecule has 0 bridgehead atoms. The van der Waals surface area contributed by atoms with E-state index in [9.17, 15) is 13.2 Å². The summed E-state index contributed by atoms with van der Waals surface area (Å²) in [5, 5.41) is 0. The summed E-state index contributed by atoms with van der Waals surface area (Å²) in [6.07, 6.45) is -1.01. The van der Waals surface area contributed by atoms with Crippen molar-refractivity contribution in [3.05, 3.63) is 0 Å². The van der Waals surface area contributed by atoms with Gasteiger partial charge in [-0.1, -0.05) is 0 Å². The van der Waals surface area contributed by atoms with Gasteiger partial charge in [-0.05, 0) is 27.7 Å². The fraction of sp³-hybridized carbons (Fsp3) is 0.889. The van der Waals surface area contributed by atoms with E-state index in [-0.39, 0.29) is 13.2 Å². The Morgan fingerprint density at radius 3 is 2.35 bits per heavy atom. The van der Waals surface area contributed by atoms with Crippen molar-refractivity contribution in [1.82, 2.24) is 9.44 Å². The first-order chi connectivity index (χ1) is 7.66. The zero-order valence-corrected chi connectivity index (χ0v) is 11.4. The van der Waals surface area contributed by atoms with E-state index < -0.39 is 21.9 Å². The number of nitrogens with one attached hydrogen (secondary N) is 2. The van der Waals surface area contributed by atoms with E-state index in [1.54, 1.807) is 32.4 Å². The van der Waals surface area contributed by atoms with Crippen molar-refractivity contribution in [2.24, 2.45) is 0 Å². The molecular formula is C9H20N2O5S. The first kappa shape index (κ1) is 16.1. The second kappa shape index (κ2) is 6.77. The first-order valence-corrected chi connectivity index (χ1v) is 6.73. The van der Waals surface area contributed by atoms with Crippen LogP contribution >= 0.6 is 0 Å². The number of hydrogen-bond acceptors (Lipinski definition) is 5. The summed E-state index contributed by atoms with van der Waals surface area (Å²) < 4.78 is 36.2. The summed E-state index contributed by atoms with van der Waals surface area (Å²) in [5.74, 6) is 0. The summed E-state index contributed by atoms with van der Waals surface area (Å²) in [7, 11) is -3.89. The molecule has 0 aromatic carbocycles. The largest absolute Gasteiger partial charge is 0.443 e. The standard InChI is InChI=1S/C9H20N2O5S/c1-5-15-7-6-10-17(13,14)11-8(12)16-9(2,3)4/h10H,5-7H2,1-4H3,(H,11,12). The fourth-order valence-corrected chi connectivity index (χ4v) is 1.52. The molecule has 0 saturated carbocycles. The van der Waals surface area contributed by atoms with Gasteiger partial charge in [0.05, 0.1) is 6.61 Å². The Balaban J connectivity index is 4.04. The van der Waals surface area contributed by atoms with Gasteiger partial charge >= 0.3 is 16.3 Å². The van der Waals surface area contributed by atoms with Crippen molar-refractivity contribution in [2.45, 2.75) is 33.3 Å². The molecule has 0 fully saturated rings. The molecule has 2 N–H and O–H groups in total. The van der Waals surface area contributed by atoms with Gasteiger partial charge in [-0.25, -0.2) is 9.52 Å². The normalized spacial score (nSPS) is 12.2. The number of carbonyl (C=O) groups excluding carboxylic acids is 1. The number of carbonyl (C=O) groups is 1. The van der Waals surface area contributed by atoms with Crippen LogP contribution in [-0.4, -0.2) is 39.9 Å². The summed E-state index contributed by atoms with van der Waals surface area (Å²) >= 11 is 0. The van der Waals surface area contributed by atoms with Crippen LogP contribution in [0.1, 0.15) is 27.7 Å². The van der Waals surface area contributed by atoms with Crippen LogP contribution < -0.4 is 9.44 Å². The average Bonchev–Trinajstić information content (AvgIpc) is 2.08. The maximum atomic E-state index is 11.3. The molecule has 102 valence electrons. The molecule has 17 heavy (non-hydrogen) atoms. The first-order valence-electron chi connectivity index (χ1n) is 5.24. The van der Waals surface area contributed by atoms with Crippen molar-refractivity contribution in [2.75, 3.05) is 19.8 Å². The van der Waals surface area contributed by atoms with Gasteiger partial charge in [0.1, 0.15) is 5.60 Å². The Bertz CT molecular complexity index is 334. The molecule has 0 aliphatic rings. The highest BCUT2D eigenvalue weighted by atomic mass is 32.2. The second-order valence-corrected chi connectivity index (χ2v) is 5.70. The van der Waals surface area contributed by atoms with E-state index >= 15 is 0 Å². The Morgan fingerprint density at radius 2 is 1.88 bits per heavy atom. The third kappa shape index (κ3) is 10.0. The molecule has 0 radical (unpaired) electrons. The van der Waals surface area contributed by atoms with Crippen molar-refractivity contribution in [3.8, 4) is 0 Å². The van der Waals surface area contributed by atoms with Crippen molar-refractivity contribution < 1.29 is 22.7 Å². The molecule has 0 aliphatic heterocycles. The number of hydrogen-bond donors (Lipinski definition) is 2. The molecule has 1 amide bonds. The quantitative estimate of drug-likeness (QED) is 0.679. The van der Waals surface area contributed by atoms with E-state index in [2.05, 4.69) is 4.72 Å². The van der Waals surface area contributed by atoms with E-state index in [4.69, 9.17) is 9.47 Å². The van der Waals surface area contributed by atoms with Crippen LogP contribution in [0.15, 0.2) is 0 Å². The predicted molar refractivity (Wildman–Crippen MR) is 62.8 cm³/mol. The zero-order chi connectivity index (χ0) is 13.5. The molecular weight excluding hydrogens is 248 g/mol. The van der Waals surface area contributed by atoms with Gasteiger partial charge in [0.2, 0.25) is 0 Å². The van der Waals surface area contributed by atoms with E-state index in [1.807, 2.05) is 0 Å². The van der Waals surface area contributed by atoms with Crippen LogP contribution in [0.25, 0.3) is 0 Å². The van der Waals surface area contributed by atoms with Crippen molar-refractivity contribution in [3.63, 3.8) is 0 Å². The van der Waals surface area contributed by atoms with Crippen LogP contribution in [0.5, 0.6) is 0 Å². The molecule has 0 aliphatic carbocycles. The second-order valence-electron chi connectivity index (χ2n) is 4.20. The lowest BCUT2D eigenvalue weighted by Gasteiger charge is -2.19. The van der Waals surface area contributed by atoms with Crippen LogP contribution in [0.4, 0.5) is 4.79 Å². The number of rotatable bonds is 6. The van der Waals surface area contributed by atoms with Gasteiger partial charge in [0.25, 0.3) is 0 Å². The minimum absolute atomic E-state index is 0.0893. The molecule has 0 saturated heterocycles. The molecule has 0 rings (SSSR count). The summed E-state index contributed by atoms with van der Waals surface area (Å²) in [6, 6.07) is 0. The highest BCUT2D eigenvalue weighted by molar-refractivity contribution is 7.88. The molecule has 0 spiro atoms. The Morgan fingerprint density at radius 1 is 1.29 bits per heavy atom. The molecule has 0 unspecified atom stereocenters. The molecule has 0 atom stereocenters. The van der Waals surface area contributed by atoms with Gasteiger partial charge in [0, 0.05) is 13.2 Å². The lowest BCUT2D eigenvalue weighted by Crippen LogP contribution is -2.43. The molecule has 0 aromatic rings. The zero-order valence-electron chi connectivity index (χ0n) is 10.6. The fourth-order valence-electron chi connectivity index (χ4n) is 0.837. The minimum atomic E-state index is -3.89. The van der Waals surface area contributed by atoms with E-state index in [1.165, 1.54) is 0 Å². The van der Waals surface area contributed by atoms with Crippen LogP contribution in [0.3, 0.4) is 0 Å². The number of ether oxygens (including phenoxy) is 2. The lowest BCUT2D eigenvalue weighted by molar-refractivity contribution is 0.0569. The molecule has 0 heterocycles. The smallest absolute Gasteiger partial charge is 0.422 e. The Labute approximate surface area is 102 Å². The Kier molecular flexibility index (Phi) is 6.43. The molecule has 7 nitrogen and oxygen atoms in total. The molecule has 0 aromatic heterocycles. The Hall–Kier alpha value is -0.860. The maximum Gasteiger partial charge on any atom is 0.422 e. The number of amides is 1. The monoisotopic (exact) mass is 268 g/mol.